The van der Waals surface area contributed by atoms with E-state index < -0.39 is 0 Å². The maximum Gasteiger partial charge on any atom is 0.227 e. The Morgan fingerprint density at radius 1 is 0.958 bits per heavy atom. The van der Waals surface area contributed by atoms with Crippen LogP contribution in [0, 0.1) is 6.92 Å². The summed E-state index contributed by atoms with van der Waals surface area (Å²) in [4.78, 5) is 29.6. The van der Waals surface area contributed by atoms with Gasteiger partial charge in [0.15, 0.2) is 0 Å². The Bertz CT molecular complexity index is 704. The Morgan fingerprint density at radius 3 is 2.21 bits per heavy atom. The molecule has 0 radical (unpaired) electrons. The Labute approximate surface area is 146 Å². The first-order valence-electron chi connectivity index (χ1n) is 8.25. The molecule has 0 bridgehead atoms. The molecule has 0 unspecified atom stereocenters. The van der Waals surface area contributed by atoms with Gasteiger partial charge in [-0.25, -0.2) is 0 Å². The maximum atomic E-state index is 12.4. The van der Waals surface area contributed by atoms with E-state index in [4.69, 9.17) is 0 Å². The third-order valence-corrected chi connectivity index (χ3v) is 5.20. The Morgan fingerprint density at radius 2 is 1.62 bits per heavy atom. The number of hydrogen-bond acceptors (Lipinski definition) is 3. The normalized spacial score (nSPS) is 14.7. The summed E-state index contributed by atoms with van der Waals surface area (Å²) in [5.41, 5.74) is 2.22. The summed E-state index contributed by atoms with van der Waals surface area (Å²) >= 11 is 1.61. The van der Waals surface area contributed by atoms with Gasteiger partial charge in [0, 0.05) is 31.1 Å². The molecule has 1 aromatic carbocycles. The molecule has 0 N–H and O–H groups in total. The third kappa shape index (κ3) is 4.23. The van der Waals surface area contributed by atoms with Crippen LogP contribution in [0.4, 0.5) is 0 Å². The highest BCUT2D eigenvalue weighted by atomic mass is 32.1. The number of aryl methyl sites for hydroxylation is 1. The summed E-state index contributed by atoms with van der Waals surface area (Å²) in [6.07, 6.45) is 0.903. The van der Waals surface area contributed by atoms with E-state index in [0.29, 0.717) is 39.0 Å². The Hall–Kier alpha value is -2.14. The van der Waals surface area contributed by atoms with Crippen LogP contribution >= 0.6 is 11.3 Å². The summed E-state index contributed by atoms with van der Waals surface area (Å²) in [6.45, 7) is 4.54. The molecule has 1 saturated heterocycles. The van der Waals surface area contributed by atoms with Gasteiger partial charge < -0.3 is 9.80 Å². The van der Waals surface area contributed by atoms with E-state index in [-0.39, 0.29) is 11.8 Å². The molecule has 24 heavy (non-hydrogen) atoms. The molecule has 5 heteroatoms. The van der Waals surface area contributed by atoms with Crippen molar-refractivity contribution in [1.82, 2.24) is 9.80 Å². The van der Waals surface area contributed by atoms with Crippen molar-refractivity contribution in [2.24, 2.45) is 0 Å². The van der Waals surface area contributed by atoms with Gasteiger partial charge in [-0.2, -0.15) is 0 Å². The molecule has 1 aliphatic heterocycles. The molecule has 1 fully saturated rings. The van der Waals surface area contributed by atoms with Crippen LogP contribution in [0.1, 0.15) is 16.0 Å². The van der Waals surface area contributed by atoms with Crippen molar-refractivity contribution in [3.63, 3.8) is 0 Å². The van der Waals surface area contributed by atoms with E-state index in [1.165, 1.54) is 5.56 Å². The number of benzene rings is 1. The van der Waals surface area contributed by atoms with Crippen molar-refractivity contribution in [3.8, 4) is 0 Å². The zero-order chi connectivity index (χ0) is 16.9. The fourth-order valence-electron chi connectivity index (χ4n) is 2.99. The Kier molecular flexibility index (Phi) is 5.30. The highest BCUT2D eigenvalue weighted by Crippen LogP contribution is 2.13. The highest BCUT2D eigenvalue weighted by molar-refractivity contribution is 7.10. The quantitative estimate of drug-likeness (QED) is 0.857. The minimum Gasteiger partial charge on any atom is -0.339 e. The third-order valence-electron chi connectivity index (χ3n) is 4.33. The zero-order valence-corrected chi connectivity index (χ0v) is 14.7. The molecule has 1 aliphatic rings. The molecular weight excluding hydrogens is 320 g/mol. The van der Waals surface area contributed by atoms with E-state index in [1.54, 1.807) is 11.3 Å². The second-order valence-electron chi connectivity index (χ2n) is 6.18. The fraction of sp³-hybridized carbons (Fsp3) is 0.368. The molecule has 0 aliphatic carbocycles. The zero-order valence-electron chi connectivity index (χ0n) is 13.9. The van der Waals surface area contributed by atoms with E-state index in [0.717, 1.165) is 10.4 Å². The van der Waals surface area contributed by atoms with Crippen LogP contribution in [0.5, 0.6) is 0 Å². The molecule has 0 atom stereocenters. The molecule has 1 aromatic heterocycles. The SMILES string of the molecule is Cc1cccc(CC(=O)N2CCN(C(=O)Cc3cccs3)CC2)c1. The topological polar surface area (TPSA) is 40.6 Å². The number of hydrogen-bond donors (Lipinski definition) is 0. The second-order valence-corrected chi connectivity index (χ2v) is 7.22. The molecule has 126 valence electrons. The summed E-state index contributed by atoms with van der Waals surface area (Å²) < 4.78 is 0. The summed E-state index contributed by atoms with van der Waals surface area (Å²) in [6, 6.07) is 12.0. The van der Waals surface area contributed by atoms with Crippen molar-refractivity contribution in [2.45, 2.75) is 19.8 Å². The first-order valence-corrected chi connectivity index (χ1v) is 9.13. The van der Waals surface area contributed by atoms with Gasteiger partial charge in [0.05, 0.1) is 12.8 Å². The number of rotatable bonds is 4. The summed E-state index contributed by atoms with van der Waals surface area (Å²) in [5, 5.41) is 1.99. The number of piperazine rings is 1. The lowest BCUT2D eigenvalue weighted by atomic mass is 10.1. The predicted molar refractivity (Wildman–Crippen MR) is 96.1 cm³/mol. The highest BCUT2D eigenvalue weighted by Gasteiger charge is 2.24. The standard InChI is InChI=1S/C19H22N2O2S/c1-15-4-2-5-16(12-15)13-18(22)20-7-9-21(10-8-20)19(23)14-17-6-3-11-24-17/h2-6,11-12H,7-10,13-14H2,1H3. The van der Waals surface area contributed by atoms with Crippen LogP contribution in [0.15, 0.2) is 41.8 Å². The lowest BCUT2D eigenvalue weighted by molar-refractivity contribution is -0.138. The Balaban J connectivity index is 1.49. The van der Waals surface area contributed by atoms with Crippen LogP contribution in [0.3, 0.4) is 0 Å². The monoisotopic (exact) mass is 342 g/mol. The van der Waals surface area contributed by atoms with Gasteiger partial charge >= 0.3 is 0 Å². The van der Waals surface area contributed by atoms with Gasteiger partial charge in [-0.3, -0.25) is 9.59 Å². The average molecular weight is 342 g/mol. The second kappa shape index (κ2) is 7.62. The molecule has 4 nitrogen and oxygen atoms in total. The van der Waals surface area contributed by atoms with Gasteiger partial charge in [0.2, 0.25) is 11.8 Å². The van der Waals surface area contributed by atoms with Crippen molar-refractivity contribution in [3.05, 3.63) is 57.8 Å². The average Bonchev–Trinajstić information content (AvgIpc) is 3.08. The number of amides is 2. The molecule has 2 aromatic rings. The van der Waals surface area contributed by atoms with Crippen LogP contribution in [0.25, 0.3) is 0 Å². The number of carbonyl (C=O) groups is 2. The minimum absolute atomic E-state index is 0.144. The predicted octanol–water partition coefficient (Wildman–Crippen LogP) is 2.51. The first kappa shape index (κ1) is 16.7. The maximum absolute atomic E-state index is 12.4. The largest absolute Gasteiger partial charge is 0.339 e. The van der Waals surface area contributed by atoms with Gasteiger partial charge in [-0.05, 0) is 23.9 Å². The van der Waals surface area contributed by atoms with Gasteiger partial charge in [0.25, 0.3) is 0 Å². The van der Waals surface area contributed by atoms with E-state index in [1.807, 2.05) is 52.4 Å². The molecule has 0 saturated carbocycles. The molecule has 2 amide bonds. The van der Waals surface area contributed by atoms with Crippen molar-refractivity contribution >= 4 is 23.2 Å². The van der Waals surface area contributed by atoms with Crippen molar-refractivity contribution < 1.29 is 9.59 Å². The number of nitrogens with zero attached hydrogens (tertiary/aromatic N) is 2. The van der Waals surface area contributed by atoms with Crippen LogP contribution < -0.4 is 0 Å². The van der Waals surface area contributed by atoms with Crippen LogP contribution in [-0.4, -0.2) is 47.8 Å². The van der Waals surface area contributed by atoms with Gasteiger partial charge in [0.1, 0.15) is 0 Å². The molecule has 3 rings (SSSR count). The van der Waals surface area contributed by atoms with Crippen molar-refractivity contribution in [2.75, 3.05) is 26.2 Å². The summed E-state index contributed by atoms with van der Waals surface area (Å²) in [7, 11) is 0. The summed E-state index contributed by atoms with van der Waals surface area (Å²) in [5.74, 6) is 0.300. The lowest BCUT2D eigenvalue weighted by Gasteiger charge is -2.35. The van der Waals surface area contributed by atoms with E-state index in [9.17, 15) is 9.59 Å². The number of thiophene rings is 1. The smallest absolute Gasteiger partial charge is 0.227 e. The molecule has 0 spiro atoms. The van der Waals surface area contributed by atoms with E-state index in [2.05, 4.69) is 6.07 Å². The lowest BCUT2D eigenvalue weighted by Crippen LogP contribution is -2.51. The van der Waals surface area contributed by atoms with Crippen LogP contribution in [0.2, 0.25) is 0 Å². The van der Waals surface area contributed by atoms with Gasteiger partial charge in [-0.15, -0.1) is 11.3 Å². The van der Waals surface area contributed by atoms with Crippen LogP contribution in [-0.2, 0) is 22.4 Å². The van der Waals surface area contributed by atoms with E-state index >= 15 is 0 Å². The fourth-order valence-corrected chi connectivity index (χ4v) is 3.68. The molecular formula is C19H22N2O2S. The minimum atomic E-state index is 0.144. The van der Waals surface area contributed by atoms with Crippen molar-refractivity contribution in [1.29, 1.82) is 0 Å². The number of carbonyl (C=O) groups excluding carboxylic acids is 2. The van der Waals surface area contributed by atoms with Gasteiger partial charge in [-0.1, -0.05) is 35.9 Å². The first-order chi connectivity index (χ1) is 11.6. The molecule has 2 heterocycles.